The largest absolute Gasteiger partial charge is 0.435 e. The first-order valence-electron chi connectivity index (χ1n) is 9.89. The van der Waals surface area contributed by atoms with Crippen molar-refractivity contribution in [3.8, 4) is 0 Å². The molecule has 28 heavy (non-hydrogen) atoms. The van der Waals surface area contributed by atoms with E-state index in [1.165, 1.54) is 22.1 Å². The van der Waals surface area contributed by atoms with Gasteiger partial charge >= 0.3 is 6.18 Å². The van der Waals surface area contributed by atoms with Crippen LogP contribution in [0.25, 0.3) is 10.9 Å². The van der Waals surface area contributed by atoms with Gasteiger partial charge in [-0.3, -0.25) is 4.68 Å². The van der Waals surface area contributed by atoms with E-state index >= 15 is 0 Å². The highest BCUT2D eigenvalue weighted by atomic mass is 19.4. The van der Waals surface area contributed by atoms with Crippen molar-refractivity contribution in [1.29, 1.82) is 0 Å². The van der Waals surface area contributed by atoms with Crippen molar-refractivity contribution in [2.24, 2.45) is 24.8 Å². The summed E-state index contributed by atoms with van der Waals surface area (Å²) in [6, 6.07) is 5.78. The summed E-state index contributed by atoms with van der Waals surface area (Å²) in [5, 5.41) is 8.49. The quantitative estimate of drug-likeness (QED) is 0.603. The van der Waals surface area contributed by atoms with Crippen molar-refractivity contribution in [1.82, 2.24) is 14.8 Å². The minimum atomic E-state index is -4.45. The predicted octanol–water partition coefficient (Wildman–Crippen LogP) is 5.22. The molecule has 1 aromatic carbocycles. The van der Waals surface area contributed by atoms with Gasteiger partial charge in [-0.05, 0) is 66.7 Å². The van der Waals surface area contributed by atoms with Crippen molar-refractivity contribution in [3.05, 3.63) is 47.4 Å². The molecule has 0 radical (unpaired) electrons. The lowest BCUT2D eigenvalue weighted by Crippen LogP contribution is -2.36. The van der Waals surface area contributed by atoms with Gasteiger partial charge in [0.25, 0.3) is 0 Å². The molecule has 0 spiro atoms. The van der Waals surface area contributed by atoms with Crippen molar-refractivity contribution in [3.63, 3.8) is 0 Å². The number of aryl methyl sites for hydroxylation is 1. The van der Waals surface area contributed by atoms with Gasteiger partial charge in [-0.25, -0.2) is 0 Å². The Morgan fingerprint density at radius 3 is 2.79 bits per heavy atom. The van der Waals surface area contributed by atoms with Crippen molar-refractivity contribution in [2.45, 2.75) is 37.4 Å². The Hall–Kier alpha value is -2.44. The lowest BCUT2D eigenvalue weighted by molar-refractivity contribution is -0.142. The van der Waals surface area contributed by atoms with Crippen LogP contribution in [-0.4, -0.2) is 14.8 Å². The van der Waals surface area contributed by atoms with Gasteiger partial charge in [-0.1, -0.05) is 0 Å². The summed E-state index contributed by atoms with van der Waals surface area (Å²) >= 11 is 0. The molecule has 6 rings (SSSR count). The first-order valence-corrected chi connectivity index (χ1v) is 9.89. The molecule has 0 unspecified atom stereocenters. The van der Waals surface area contributed by atoms with Gasteiger partial charge in [-0.2, -0.15) is 18.3 Å². The average molecular weight is 386 g/mol. The molecule has 2 fully saturated rings. The molecule has 7 heteroatoms. The third-order valence-electron chi connectivity index (χ3n) is 7.25. The number of hydrogen-bond donors (Lipinski definition) is 2. The molecular weight excluding hydrogens is 365 g/mol. The van der Waals surface area contributed by atoms with E-state index in [-0.39, 0.29) is 17.5 Å². The van der Waals surface area contributed by atoms with Gasteiger partial charge in [0.05, 0.1) is 6.04 Å². The molecule has 2 N–H and O–H groups in total. The summed E-state index contributed by atoms with van der Waals surface area (Å²) in [5.41, 5.74) is 2.91. The van der Waals surface area contributed by atoms with E-state index in [0.29, 0.717) is 17.8 Å². The lowest BCUT2D eigenvalue weighted by atomic mass is 9.67. The third-order valence-corrected chi connectivity index (χ3v) is 7.25. The van der Waals surface area contributed by atoms with E-state index in [0.717, 1.165) is 24.0 Å². The molecule has 3 heterocycles. The second kappa shape index (κ2) is 5.33. The Morgan fingerprint density at radius 2 is 1.96 bits per heavy atom. The van der Waals surface area contributed by atoms with E-state index < -0.39 is 11.9 Å². The lowest BCUT2D eigenvalue weighted by Gasteiger charge is -2.43. The normalized spacial score (nSPS) is 31.1. The van der Waals surface area contributed by atoms with E-state index in [2.05, 4.69) is 21.5 Å². The number of rotatable bonds is 1. The second-order valence-corrected chi connectivity index (χ2v) is 8.63. The zero-order chi connectivity index (χ0) is 19.2. The summed E-state index contributed by atoms with van der Waals surface area (Å²) in [4.78, 5) is 3.28. The fraction of sp³-hybridized carbons (Fsp3) is 0.476. The predicted molar refractivity (Wildman–Crippen MR) is 99.9 cm³/mol. The number of aromatic amines is 1. The van der Waals surface area contributed by atoms with Crippen LogP contribution < -0.4 is 5.32 Å². The van der Waals surface area contributed by atoms with Crippen LogP contribution in [0.1, 0.15) is 48.0 Å². The molecule has 0 amide bonds. The molecule has 4 nitrogen and oxygen atoms in total. The minimum absolute atomic E-state index is 0.178. The number of anilines is 1. The molecule has 2 aromatic heterocycles. The number of hydrogen-bond acceptors (Lipinski definition) is 2. The Bertz CT molecular complexity index is 1080. The summed E-state index contributed by atoms with van der Waals surface area (Å²) < 4.78 is 42.4. The highest BCUT2D eigenvalue weighted by Crippen LogP contribution is 2.65. The first-order chi connectivity index (χ1) is 13.4. The fourth-order valence-electron chi connectivity index (χ4n) is 6.39. The standard InChI is InChI=1S/C21H21F3N4/c1-28-9-13(20(27-28)21(22,23)24)19-17-11-3-2-10(8-11)16(17)18-12-6-7-25-14(12)4-5-15(18)26-19/h4-7,9-11,16-17,19,25-26H,2-3,8H2,1H3/t10-,11-,16+,17-,19+/m1/s1. The van der Waals surface area contributed by atoms with Gasteiger partial charge < -0.3 is 10.3 Å². The average Bonchev–Trinajstić information content (AvgIpc) is 3.42. The van der Waals surface area contributed by atoms with E-state index in [1.807, 2.05) is 18.3 Å². The summed E-state index contributed by atoms with van der Waals surface area (Å²) in [6.45, 7) is 0. The third kappa shape index (κ3) is 2.10. The fourth-order valence-corrected chi connectivity index (χ4v) is 6.39. The molecule has 2 aliphatic carbocycles. The molecular formula is C21H21F3N4. The van der Waals surface area contributed by atoms with Crippen LogP contribution in [-0.2, 0) is 13.2 Å². The highest BCUT2D eigenvalue weighted by Gasteiger charge is 2.55. The maximum Gasteiger partial charge on any atom is 0.435 e. The van der Waals surface area contributed by atoms with Crippen LogP contribution in [0.4, 0.5) is 18.9 Å². The van der Waals surface area contributed by atoms with Gasteiger partial charge in [-0.15, -0.1) is 0 Å². The molecule has 146 valence electrons. The highest BCUT2D eigenvalue weighted by molar-refractivity contribution is 5.89. The van der Waals surface area contributed by atoms with Crippen molar-refractivity contribution in [2.75, 3.05) is 5.32 Å². The van der Waals surface area contributed by atoms with Crippen molar-refractivity contribution >= 4 is 16.6 Å². The Morgan fingerprint density at radius 1 is 1.14 bits per heavy atom. The topological polar surface area (TPSA) is 45.6 Å². The minimum Gasteiger partial charge on any atom is -0.378 e. The van der Waals surface area contributed by atoms with Crippen LogP contribution in [0.3, 0.4) is 0 Å². The molecule has 1 aliphatic heterocycles. The Balaban J connectivity index is 1.56. The number of nitrogens with one attached hydrogen (secondary N) is 2. The van der Waals surface area contributed by atoms with Crippen molar-refractivity contribution < 1.29 is 13.2 Å². The number of H-pyrrole nitrogens is 1. The van der Waals surface area contributed by atoms with Crippen LogP contribution in [0.2, 0.25) is 0 Å². The maximum absolute atomic E-state index is 13.7. The molecule has 0 saturated heterocycles. The van der Waals surface area contributed by atoms with Gasteiger partial charge in [0.1, 0.15) is 0 Å². The van der Waals surface area contributed by atoms with Gasteiger partial charge in [0.2, 0.25) is 0 Å². The van der Waals surface area contributed by atoms with Crippen LogP contribution in [0, 0.1) is 17.8 Å². The number of aromatic nitrogens is 3. The van der Waals surface area contributed by atoms with Crippen LogP contribution in [0.5, 0.6) is 0 Å². The number of benzene rings is 1. The zero-order valence-electron chi connectivity index (χ0n) is 15.4. The Kier molecular flexibility index (Phi) is 3.14. The van der Waals surface area contributed by atoms with Gasteiger partial charge in [0, 0.05) is 41.6 Å². The maximum atomic E-state index is 13.7. The van der Waals surface area contributed by atoms with Crippen LogP contribution in [0.15, 0.2) is 30.6 Å². The smallest absolute Gasteiger partial charge is 0.378 e. The molecule has 2 saturated carbocycles. The van der Waals surface area contributed by atoms with E-state index in [9.17, 15) is 13.2 Å². The number of halogens is 3. The molecule has 3 aromatic rings. The molecule has 3 aliphatic rings. The number of fused-ring (bicyclic) bond motifs is 9. The number of alkyl halides is 3. The van der Waals surface area contributed by atoms with E-state index in [4.69, 9.17) is 0 Å². The molecule has 5 atom stereocenters. The zero-order valence-corrected chi connectivity index (χ0v) is 15.4. The van der Waals surface area contributed by atoms with Crippen LogP contribution >= 0.6 is 0 Å². The van der Waals surface area contributed by atoms with E-state index in [1.54, 1.807) is 13.2 Å². The SMILES string of the molecule is Cn1cc([C@@H]2Nc3ccc4[nH]ccc4c3[C@H]3[C@@H]4CC[C@H](C4)[C@H]32)c(C(F)(F)F)n1. The summed E-state index contributed by atoms with van der Waals surface area (Å²) in [5.74, 6) is 1.51. The number of nitrogens with zero attached hydrogens (tertiary/aromatic N) is 2. The second-order valence-electron chi connectivity index (χ2n) is 8.63. The molecule has 2 bridgehead atoms. The summed E-state index contributed by atoms with van der Waals surface area (Å²) in [6.07, 6.45) is 2.47. The Labute approximate surface area is 160 Å². The monoisotopic (exact) mass is 386 g/mol. The summed E-state index contributed by atoms with van der Waals surface area (Å²) in [7, 11) is 1.57. The van der Waals surface area contributed by atoms with Gasteiger partial charge in [0.15, 0.2) is 5.69 Å². The first kappa shape index (κ1) is 16.5.